The summed E-state index contributed by atoms with van der Waals surface area (Å²) in [6.45, 7) is 2.76. The van der Waals surface area contributed by atoms with Gasteiger partial charge in [-0.2, -0.15) is 0 Å². The van der Waals surface area contributed by atoms with Crippen molar-refractivity contribution in [1.82, 2.24) is 10.1 Å². The molecule has 3 rings (SSSR count). The van der Waals surface area contributed by atoms with Crippen molar-refractivity contribution in [2.75, 3.05) is 6.54 Å². The number of carbonyl (C=O) groups excluding carboxylic acids is 1. The minimum Gasteiger partial charge on any atom is -0.459 e. The normalized spacial score (nSPS) is 19.0. The van der Waals surface area contributed by atoms with Crippen LogP contribution < -0.4 is 0 Å². The van der Waals surface area contributed by atoms with E-state index in [2.05, 4.69) is 5.16 Å². The SMILES string of the molecule is CCc1cc([C@@H]2CCCN2C(=O)c2ccco2)on1. The number of likely N-dealkylation sites (tertiary alicyclic amines) is 1. The van der Waals surface area contributed by atoms with Gasteiger partial charge in [-0.15, -0.1) is 0 Å². The zero-order chi connectivity index (χ0) is 13.2. The van der Waals surface area contributed by atoms with E-state index < -0.39 is 0 Å². The summed E-state index contributed by atoms with van der Waals surface area (Å²) in [4.78, 5) is 14.1. The molecule has 0 saturated carbocycles. The van der Waals surface area contributed by atoms with Gasteiger partial charge in [0.1, 0.15) is 0 Å². The second-order valence-electron chi connectivity index (χ2n) is 4.71. The monoisotopic (exact) mass is 260 g/mol. The van der Waals surface area contributed by atoms with Gasteiger partial charge in [-0.25, -0.2) is 0 Å². The molecule has 1 amide bonds. The fourth-order valence-corrected chi connectivity index (χ4v) is 2.50. The fourth-order valence-electron chi connectivity index (χ4n) is 2.50. The number of furan rings is 1. The first kappa shape index (κ1) is 12.0. The molecule has 0 unspecified atom stereocenters. The Labute approximate surface area is 111 Å². The van der Waals surface area contributed by atoms with Gasteiger partial charge in [0.15, 0.2) is 11.5 Å². The summed E-state index contributed by atoms with van der Waals surface area (Å²) in [5.41, 5.74) is 0.923. The topological polar surface area (TPSA) is 59.5 Å². The van der Waals surface area contributed by atoms with Gasteiger partial charge in [-0.1, -0.05) is 12.1 Å². The molecule has 0 N–H and O–H groups in total. The first-order chi connectivity index (χ1) is 9.29. The number of hydrogen-bond acceptors (Lipinski definition) is 4. The number of amides is 1. The Morgan fingerprint density at radius 2 is 2.47 bits per heavy atom. The molecular formula is C14H16N2O3. The van der Waals surface area contributed by atoms with Crippen LogP contribution in [-0.4, -0.2) is 22.5 Å². The quantitative estimate of drug-likeness (QED) is 0.851. The molecule has 1 saturated heterocycles. The highest BCUT2D eigenvalue weighted by atomic mass is 16.5. The highest BCUT2D eigenvalue weighted by Crippen LogP contribution is 2.33. The number of aryl methyl sites for hydroxylation is 1. The van der Waals surface area contributed by atoms with Gasteiger partial charge >= 0.3 is 0 Å². The minimum absolute atomic E-state index is 0.0228. The van der Waals surface area contributed by atoms with Crippen molar-refractivity contribution in [1.29, 1.82) is 0 Å². The van der Waals surface area contributed by atoms with Gasteiger partial charge in [-0.3, -0.25) is 4.79 Å². The zero-order valence-electron chi connectivity index (χ0n) is 10.8. The molecule has 100 valence electrons. The van der Waals surface area contributed by atoms with Gasteiger partial charge in [0, 0.05) is 12.6 Å². The summed E-state index contributed by atoms with van der Waals surface area (Å²) in [6, 6.07) is 5.33. The predicted octanol–water partition coefficient (Wildman–Crippen LogP) is 2.81. The molecule has 2 aromatic heterocycles. The Kier molecular flexibility index (Phi) is 3.11. The number of nitrogens with zero attached hydrogens (tertiary/aromatic N) is 2. The predicted molar refractivity (Wildman–Crippen MR) is 67.6 cm³/mol. The maximum Gasteiger partial charge on any atom is 0.290 e. The van der Waals surface area contributed by atoms with Crippen LogP contribution in [-0.2, 0) is 6.42 Å². The molecule has 0 aromatic carbocycles. The lowest BCUT2D eigenvalue weighted by atomic mass is 10.1. The summed E-state index contributed by atoms with van der Waals surface area (Å²) in [5, 5.41) is 4.00. The van der Waals surface area contributed by atoms with Crippen molar-refractivity contribution in [2.24, 2.45) is 0 Å². The average Bonchev–Trinajstić information content (AvgIpc) is 3.16. The molecule has 0 aliphatic carbocycles. The molecular weight excluding hydrogens is 244 g/mol. The Morgan fingerprint density at radius 3 is 3.16 bits per heavy atom. The number of aromatic nitrogens is 1. The van der Waals surface area contributed by atoms with Gasteiger partial charge in [0.25, 0.3) is 5.91 Å². The van der Waals surface area contributed by atoms with Crippen molar-refractivity contribution in [2.45, 2.75) is 32.2 Å². The van der Waals surface area contributed by atoms with E-state index in [-0.39, 0.29) is 11.9 Å². The second kappa shape index (κ2) is 4.91. The highest BCUT2D eigenvalue weighted by molar-refractivity contribution is 5.91. The first-order valence-corrected chi connectivity index (χ1v) is 6.59. The van der Waals surface area contributed by atoms with E-state index in [1.54, 1.807) is 17.0 Å². The van der Waals surface area contributed by atoms with Crippen molar-refractivity contribution >= 4 is 5.91 Å². The summed E-state index contributed by atoms with van der Waals surface area (Å²) in [7, 11) is 0. The second-order valence-corrected chi connectivity index (χ2v) is 4.71. The molecule has 0 spiro atoms. The van der Waals surface area contributed by atoms with Gasteiger partial charge in [0.05, 0.1) is 18.0 Å². The van der Waals surface area contributed by atoms with Crippen LogP contribution in [0.15, 0.2) is 33.4 Å². The Bertz CT molecular complexity index is 559. The fraction of sp³-hybridized carbons (Fsp3) is 0.429. The van der Waals surface area contributed by atoms with Crippen molar-refractivity contribution in [3.05, 3.63) is 41.7 Å². The number of carbonyl (C=O) groups is 1. The zero-order valence-corrected chi connectivity index (χ0v) is 10.8. The summed E-state index contributed by atoms with van der Waals surface area (Å²) in [6.07, 6.45) is 4.23. The summed E-state index contributed by atoms with van der Waals surface area (Å²) in [5.74, 6) is 1.07. The Balaban J connectivity index is 1.83. The van der Waals surface area contributed by atoms with Crippen molar-refractivity contribution < 1.29 is 13.7 Å². The van der Waals surface area contributed by atoms with E-state index in [0.29, 0.717) is 5.76 Å². The van der Waals surface area contributed by atoms with Crippen LogP contribution in [0.5, 0.6) is 0 Å². The van der Waals surface area contributed by atoms with E-state index in [1.807, 2.05) is 13.0 Å². The third-order valence-corrected chi connectivity index (χ3v) is 3.51. The van der Waals surface area contributed by atoms with Crippen LogP contribution in [0.25, 0.3) is 0 Å². The molecule has 1 fully saturated rings. The van der Waals surface area contributed by atoms with Crippen LogP contribution in [0, 0.1) is 0 Å². The minimum atomic E-state index is -0.0815. The largest absolute Gasteiger partial charge is 0.459 e. The molecule has 5 heteroatoms. The molecule has 5 nitrogen and oxygen atoms in total. The maximum atomic E-state index is 12.3. The lowest BCUT2D eigenvalue weighted by Crippen LogP contribution is -2.30. The molecule has 0 bridgehead atoms. The van der Waals surface area contributed by atoms with Crippen molar-refractivity contribution in [3.63, 3.8) is 0 Å². The van der Waals surface area contributed by atoms with Crippen LogP contribution >= 0.6 is 0 Å². The molecule has 1 aliphatic rings. The summed E-state index contributed by atoms with van der Waals surface area (Å²) >= 11 is 0. The lowest BCUT2D eigenvalue weighted by molar-refractivity contribution is 0.0682. The van der Waals surface area contributed by atoms with E-state index in [9.17, 15) is 4.79 Å². The Hall–Kier alpha value is -2.04. The number of rotatable bonds is 3. The van der Waals surface area contributed by atoms with Crippen LogP contribution in [0.3, 0.4) is 0 Å². The van der Waals surface area contributed by atoms with Gasteiger partial charge < -0.3 is 13.8 Å². The maximum absolute atomic E-state index is 12.3. The van der Waals surface area contributed by atoms with Crippen LogP contribution in [0.4, 0.5) is 0 Å². The van der Waals surface area contributed by atoms with E-state index in [1.165, 1.54) is 6.26 Å². The third kappa shape index (κ3) is 2.16. The van der Waals surface area contributed by atoms with E-state index in [0.717, 1.165) is 37.3 Å². The molecule has 1 atom stereocenters. The molecule has 0 radical (unpaired) electrons. The molecule has 19 heavy (non-hydrogen) atoms. The number of hydrogen-bond donors (Lipinski definition) is 0. The van der Waals surface area contributed by atoms with E-state index >= 15 is 0 Å². The highest BCUT2D eigenvalue weighted by Gasteiger charge is 2.34. The smallest absolute Gasteiger partial charge is 0.290 e. The van der Waals surface area contributed by atoms with Crippen LogP contribution in [0.2, 0.25) is 0 Å². The standard InChI is InChI=1S/C14H16N2O3/c1-2-10-9-13(19-15-10)11-5-3-7-16(11)14(17)12-6-4-8-18-12/h4,6,8-9,11H,2-3,5,7H2,1H3/t11-/m0/s1. The average molecular weight is 260 g/mol. The van der Waals surface area contributed by atoms with Crippen molar-refractivity contribution in [3.8, 4) is 0 Å². The Morgan fingerprint density at radius 1 is 1.58 bits per heavy atom. The van der Waals surface area contributed by atoms with Crippen LogP contribution in [0.1, 0.15) is 47.8 Å². The molecule has 1 aliphatic heterocycles. The lowest BCUT2D eigenvalue weighted by Gasteiger charge is -2.21. The first-order valence-electron chi connectivity index (χ1n) is 6.59. The van der Waals surface area contributed by atoms with E-state index in [4.69, 9.17) is 8.94 Å². The van der Waals surface area contributed by atoms with Gasteiger partial charge in [0.2, 0.25) is 0 Å². The third-order valence-electron chi connectivity index (χ3n) is 3.51. The molecule has 3 heterocycles. The molecule has 2 aromatic rings. The summed E-state index contributed by atoms with van der Waals surface area (Å²) < 4.78 is 10.5. The van der Waals surface area contributed by atoms with Gasteiger partial charge in [-0.05, 0) is 31.4 Å².